The average molecular weight is 280 g/mol. The van der Waals surface area contributed by atoms with E-state index in [1.807, 2.05) is 0 Å². The third-order valence-electron chi connectivity index (χ3n) is 4.48. The molecule has 19 heavy (non-hydrogen) atoms. The minimum absolute atomic E-state index is 0.764. The van der Waals surface area contributed by atoms with E-state index in [0.717, 1.165) is 13.2 Å². The fourth-order valence-electron chi connectivity index (χ4n) is 3.66. The molecule has 0 spiro atoms. The summed E-state index contributed by atoms with van der Waals surface area (Å²) in [6.45, 7) is 10.3. The van der Waals surface area contributed by atoms with E-state index in [0.29, 0.717) is 0 Å². The molecular weight excluding hydrogens is 252 g/mol. The summed E-state index contributed by atoms with van der Waals surface area (Å²) >= 11 is 0. The predicted molar refractivity (Wildman–Crippen MR) is 82.1 cm³/mol. The highest BCUT2D eigenvalue weighted by atomic mass is 28.4. The van der Waals surface area contributed by atoms with E-state index in [1.165, 1.54) is 38.5 Å². The molecule has 0 saturated heterocycles. The predicted octanol–water partition coefficient (Wildman–Crippen LogP) is 4.58. The van der Waals surface area contributed by atoms with E-state index < -0.39 is 8.56 Å². The van der Waals surface area contributed by atoms with Crippen LogP contribution in [0, 0.1) is 0 Å². The molecule has 0 fully saturated rings. The summed E-state index contributed by atoms with van der Waals surface area (Å²) < 4.78 is 12.8. The molecule has 0 N–H and O–H groups in total. The maximum absolute atomic E-state index is 6.38. The number of allylic oxidation sites excluding steroid dienone is 4. The van der Waals surface area contributed by atoms with Crippen molar-refractivity contribution >= 4 is 8.56 Å². The summed E-state index contributed by atoms with van der Waals surface area (Å²) in [5.74, 6) is 0. The molecule has 0 radical (unpaired) electrons. The summed E-state index contributed by atoms with van der Waals surface area (Å²) in [5.41, 5.74) is 3.08. The van der Waals surface area contributed by atoms with E-state index in [4.69, 9.17) is 8.85 Å². The molecule has 0 unspecified atom stereocenters. The van der Waals surface area contributed by atoms with Gasteiger partial charge >= 0.3 is 8.56 Å². The molecule has 0 aromatic heterocycles. The third kappa shape index (κ3) is 2.74. The largest absolute Gasteiger partial charge is 0.398 e. The monoisotopic (exact) mass is 280 g/mol. The Balaban J connectivity index is 2.47. The van der Waals surface area contributed by atoms with Gasteiger partial charge in [0.15, 0.2) is 0 Å². The first kappa shape index (κ1) is 15.0. The molecule has 0 heterocycles. The van der Waals surface area contributed by atoms with Crippen molar-refractivity contribution in [2.24, 2.45) is 0 Å². The van der Waals surface area contributed by atoms with Crippen LogP contribution in [0.15, 0.2) is 21.5 Å². The van der Waals surface area contributed by atoms with E-state index in [-0.39, 0.29) is 0 Å². The lowest BCUT2D eigenvalue weighted by molar-refractivity contribution is 0.198. The SMILES string of the molecule is CCO[Si](OCC)(C1=C(C)CCC1)C1=C(C)CCC1. The minimum Gasteiger partial charge on any atom is -0.388 e. The van der Waals surface area contributed by atoms with Crippen LogP contribution >= 0.6 is 0 Å². The molecule has 2 rings (SSSR count). The number of hydrogen-bond acceptors (Lipinski definition) is 2. The Morgan fingerprint density at radius 3 is 1.47 bits per heavy atom. The van der Waals surface area contributed by atoms with Gasteiger partial charge in [-0.3, -0.25) is 0 Å². The quantitative estimate of drug-likeness (QED) is 0.663. The summed E-state index contributed by atoms with van der Waals surface area (Å²) in [4.78, 5) is 0. The van der Waals surface area contributed by atoms with Crippen molar-refractivity contribution in [1.29, 1.82) is 0 Å². The van der Waals surface area contributed by atoms with Gasteiger partial charge in [0.25, 0.3) is 0 Å². The van der Waals surface area contributed by atoms with Gasteiger partial charge in [0, 0.05) is 13.2 Å². The third-order valence-corrected chi connectivity index (χ3v) is 8.81. The van der Waals surface area contributed by atoms with Crippen molar-refractivity contribution in [2.45, 2.75) is 66.2 Å². The van der Waals surface area contributed by atoms with E-state index in [2.05, 4.69) is 27.7 Å². The zero-order valence-corrected chi connectivity index (χ0v) is 14.0. The molecule has 0 saturated carbocycles. The first-order valence-electron chi connectivity index (χ1n) is 7.81. The van der Waals surface area contributed by atoms with E-state index in [1.54, 1.807) is 21.5 Å². The molecule has 0 aromatic carbocycles. The summed E-state index contributed by atoms with van der Waals surface area (Å²) in [6, 6.07) is 0. The van der Waals surface area contributed by atoms with Gasteiger partial charge in [0.05, 0.1) is 0 Å². The average Bonchev–Trinajstić information content (AvgIpc) is 2.98. The van der Waals surface area contributed by atoms with Crippen LogP contribution in [0.1, 0.15) is 66.2 Å². The number of rotatable bonds is 6. The second kappa shape index (κ2) is 6.38. The normalized spacial score (nSPS) is 20.8. The van der Waals surface area contributed by atoms with Crippen molar-refractivity contribution in [3.8, 4) is 0 Å². The van der Waals surface area contributed by atoms with Crippen molar-refractivity contribution in [1.82, 2.24) is 0 Å². The lowest BCUT2D eigenvalue weighted by Crippen LogP contribution is -2.47. The van der Waals surface area contributed by atoms with Gasteiger partial charge in [-0.05, 0) is 76.6 Å². The molecule has 2 aliphatic carbocycles. The Kier molecular flexibility index (Phi) is 5.04. The highest BCUT2D eigenvalue weighted by Gasteiger charge is 2.48. The first-order valence-corrected chi connectivity index (χ1v) is 9.63. The summed E-state index contributed by atoms with van der Waals surface area (Å²) in [7, 11) is -2.30. The maximum atomic E-state index is 6.38. The van der Waals surface area contributed by atoms with Gasteiger partial charge in [-0.1, -0.05) is 11.1 Å². The highest BCUT2D eigenvalue weighted by molar-refractivity contribution is 6.82. The van der Waals surface area contributed by atoms with Gasteiger partial charge in [-0.2, -0.15) is 0 Å². The molecule has 3 heteroatoms. The lowest BCUT2D eigenvalue weighted by atomic mass is 10.3. The van der Waals surface area contributed by atoms with Crippen LogP contribution in [0.25, 0.3) is 0 Å². The molecule has 0 bridgehead atoms. The first-order chi connectivity index (χ1) is 9.15. The molecule has 0 aliphatic heterocycles. The zero-order chi connectivity index (χ0) is 13.9. The van der Waals surface area contributed by atoms with Crippen molar-refractivity contribution < 1.29 is 8.85 Å². The second-order valence-electron chi connectivity index (χ2n) is 5.71. The van der Waals surface area contributed by atoms with Crippen LogP contribution in [0.4, 0.5) is 0 Å². The molecule has 108 valence electrons. The molecule has 0 amide bonds. The van der Waals surface area contributed by atoms with Crippen LogP contribution in [0.2, 0.25) is 0 Å². The topological polar surface area (TPSA) is 18.5 Å². The molecule has 2 aliphatic rings. The lowest BCUT2D eigenvalue weighted by Gasteiger charge is -2.34. The molecular formula is C16H28O2Si. The van der Waals surface area contributed by atoms with Gasteiger partial charge in [0.1, 0.15) is 0 Å². The van der Waals surface area contributed by atoms with Crippen LogP contribution in [-0.2, 0) is 8.85 Å². The molecule has 2 nitrogen and oxygen atoms in total. The number of hydrogen-bond donors (Lipinski definition) is 0. The zero-order valence-electron chi connectivity index (χ0n) is 13.0. The minimum atomic E-state index is -2.30. The second-order valence-corrected chi connectivity index (χ2v) is 8.73. The Labute approximate surface area is 119 Å². The summed E-state index contributed by atoms with van der Waals surface area (Å²) in [6.07, 6.45) is 7.40. The van der Waals surface area contributed by atoms with E-state index in [9.17, 15) is 0 Å². The fourth-order valence-corrected chi connectivity index (χ4v) is 8.00. The van der Waals surface area contributed by atoms with Crippen LogP contribution in [0.5, 0.6) is 0 Å². The molecule has 0 aromatic rings. The van der Waals surface area contributed by atoms with Gasteiger partial charge < -0.3 is 8.85 Å². The smallest absolute Gasteiger partial charge is 0.388 e. The highest BCUT2D eigenvalue weighted by Crippen LogP contribution is 2.43. The standard InChI is InChI=1S/C16H28O2Si/c1-5-17-19(18-6-2,15-11-7-9-13(15)3)16-12-8-10-14(16)4/h5-12H2,1-4H3. The van der Waals surface area contributed by atoms with Crippen LogP contribution in [0.3, 0.4) is 0 Å². The van der Waals surface area contributed by atoms with E-state index >= 15 is 0 Å². The van der Waals surface area contributed by atoms with Gasteiger partial charge in [-0.15, -0.1) is 0 Å². The van der Waals surface area contributed by atoms with Crippen LogP contribution < -0.4 is 0 Å². The van der Waals surface area contributed by atoms with Gasteiger partial charge in [-0.25, -0.2) is 0 Å². The maximum Gasteiger partial charge on any atom is 0.398 e. The molecule has 0 atom stereocenters. The van der Waals surface area contributed by atoms with Gasteiger partial charge in [0.2, 0.25) is 0 Å². The Bertz CT molecular complexity index is 358. The fraction of sp³-hybridized carbons (Fsp3) is 0.750. The Morgan fingerprint density at radius 1 is 0.789 bits per heavy atom. The van der Waals surface area contributed by atoms with Crippen molar-refractivity contribution in [3.05, 3.63) is 21.5 Å². The van der Waals surface area contributed by atoms with Crippen LogP contribution in [-0.4, -0.2) is 21.8 Å². The Morgan fingerprint density at radius 2 is 1.21 bits per heavy atom. The van der Waals surface area contributed by atoms with Crippen molar-refractivity contribution in [3.63, 3.8) is 0 Å². The van der Waals surface area contributed by atoms with Crippen molar-refractivity contribution in [2.75, 3.05) is 13.2 Å². The summed E-state index contributed by atoms with van der Waals surface area (Å²) in [5, 5.41) is 3.10. The Hall–Kier alpha value is -0.383.